The van der Waals surface area contributed by atoms with Gasteiger partial charge in [0.15, 0.2) is 5.69 Å². The maximum absolute atomic E-state index is 12.4. The van der Waals surface area contributed by atoms with Crippen molar-refractivity contribution in [3.8, 4) is 0 Å². The van der Waals surface area contributed by atoms with Gasteiger partial charge in [-0.3, -0.25) is 9.69 Å². The number of aromatic nitrogens is 2. The molecule has 1 saturated heterocycles. The molecule has 1 aliphatic heterocycles. The number of hydrogen-bond acceptors (Lipinski definition) is 4. The van der Waals surface area contributed by atoms with E-state index in [0.29, 0.717) is 23.6 Å². The van der Waals surface area contributed by atoms with Gasteiger partial charge in [-0.15, -0.1) is 5.10 Å². The molecule has 0 spiro atoms. The van der Waals surface area contributed by atoms with Crippen molar-refractivity contribution < 1.29 is 4.79 Å². The van der Waals surface area contributed by atoms with Crippen LogP contribution < -0.4 is 5.32 Å². The highest BCUT2D eigenvalue weighted by Crippen LogP contribution is 2.19. The molecule has 21 heavy (non-hydrogen) atoms. The second kappa shape index (κ2) is 6.52. The van der Waals surface area contributed by atoms with Gasteiger partial charge < -0.3 is 5.32 Å². The molecule has 0 bridgehead atoms. The van der Waals surface area contributed by atoms with Gasteiger partial charge in [-0.05, 0) is 37.3 Å². The summed E-state index contributed by atoms with van der Waals surface area (Å²) in [7, 11) is 0. The predicted molar refractivity (Wildman–Crippen MR) is 83.2 cm³/mol. The maximum atomic E-state index is 12.4. The highest BCUT2D eigenvalue weighted by atomic mass is 16.2. The average Bonchev–Trinajstić information content (AvgIpc) is 2.80. The van der Waals surface area contributed by atoms with Crippen LogP contribution in [0.4, 0.5) is 0 Å². The quantitative estimate of drug-likeness (QED) is 0.922. The Morgan fingerprint density at radius 3 is 2.62 bits per heavy atom. The minimum absolute atomic E-state index is 0.118. The summed E-state index contributed by atoms with van der Waals surface area (Å²) in [5.41, 5.74) is 1.45. The lowest BCUT2D eigenvalue weighted by molar-refractivity contribution is 0.0924. The number of nitrogens with zero attached hydrogens (tertiary/aromatic N) is 3. The van der Waals surface area contributed by atoms with Crippen molar-refractivity contribution in [3.63, 3.8) is 0 Å². The molecule has 5 nitrogen and oxygen atoms in total. The van der Waals surface area contributed by atoms with Crippen molar-refractivity contribution in [1.29, 1.82) is 0 Å². The summed E-state index contributed by atoms with van der Waals surface area (Å²) >= 11 is 0. The number of carbonyl (C=O) groups is 1. The molecule has 0 radical (unpaired) electrons. The maximum Gasteiger partial charge on any atom is 0.272 e. The van der Waals surface area contributed by atoms with Gasteiger partial charge in [0.05, 0.1) is 6.20 Å². The van der Waals surface area contributed by atoms with E-state index in [1.165, 1.54) is 0 Å². The van der Waals surface area contributed by atoms with Gasteiger partial charge in [-0.25, -0.2) is 0 Å². The Morgan fingerprint density at radius 2 is 2.05 bits per heavy atom. The summed E-state index contributed by atoms with van der Waals surface area (Å²) in [6.45, 7) is 12.7. The van der Waals surface area contributed by atoms with Crippen molar-refractivity contribution in [2.45, 2.75) is 52.6 Å². The number of amides is 1. The number of carbonyl (C=O) groups excluding carboxylic acids is 1. The van der Waals surface area contributed by atoms with Crippen LogP contribution >= 0.6 is 0 Å². The van der Waals surface area contributed by atoms with E-state index in [9.17, 15) is 4.79 Å². The van der Waals surface area contributed by atoms with E-state index in [-0.39, 0.29) is 11.9 Å². The first-order chi connectivity index (χ1) is 9.88. The second-order valence-corrected chi connectivity index (χ2v) is 6.63. The second-order valence-electron chi connectivity index (χ2n) is 6.63. The lowest BCUT2D eigenvalue weighted by Gasteiger charge is -2.20. The van der Waals surface area contributed by atoms with Gasteiger partial charge in [-0.1, -0.05) is 20.8 Å². The first-order valence-electron chi connectivity index (χ1n) is 7.76. The molecule has 1 amide bonds. The van der Waals surface area contributed by atoms with Crippen LogP contribution in [0.15, 0.2) is 12.3 Å². The summed E-state index contributed by atoms with van der Waals surface area (Å²) in [5, 5.41) is 11.0. The average molecular weight is 290 g/mol. The standard InChI is InChI=1S/C16H26N4O/c1-10(2)13-6-14(19-17-7-13)16(21)18-15-9-20(11(3)4)8-12(15)5/h6-7,10-12,15H,8-9H2,1-5H3,(H,18,21)/t12-,15+/m1/s1. The summed E-state index contributed by atoms with van der Waals surface area (Å²) < 4.78 is 0. The highest BCUT2D eigenvalue weighted by Gasteiger charge is 2.32. The molecule has 1 aromatic heterocycles. The fourth-order valence-electron chi connectivity index (χ4n) is 2.66. The van der Waals surface area contributed by atoms with E-state index >= 15 is 0 Å². The molecule has 0 saturated carbocycles. The van der Waals surface area contributed by atoms with Crippen molar-refractivity contribution in [2.75, 3.05) is 13.1 Å². The van der Waals surface area contributed by atoms with Crippen LogP contribution in [-0.4, -0.2) is 46.2 Å². The van der Waals surface area contributed by atoms with Gasteiger partial charge in [-0.2, -0.15) is 5.10 Å². The molecule has 2 heterocycles. The fourth-order valence-corrected chi connectivity index (χ4v) is 2.66. The summed E-state index contributed by atoms with van der Waals surface area (Å²) in [4.78, 5) is 14.8. The highest BCUT2D eigenvalue weighted by molar-refractivity contribution is 5.92. The van der Waals surface area contributed by atoms with E-state index in [2.05, 4.69) is 55.0 Å². The molecule has 1 aromatic rings. The molecule has 116 valence electrons. The zero-order chi connectivity index (χ0) is 15.6. The van der Waals surface area contributed by atoms with Crippen molar-refractivity contribution in [1.82, 2.24) is 20.4 Å². The van der Waals surface area contributed by atoms with Crippen LogP contribution in [0.5, 0.6) is 0 Å². The number of likely N-dealkylation sites (tertiary alicyclic amines) is 1. The van der Waals surface area contributed by atoms with Gasteiger partial charge >= 0.3 is 0 Å². The Balaban J connectivity index is 2.03. The first-order valence-corrected chi connectivity index (χ1v) is 7.76. The zero-order valence-electron chi connectivity index (χ0n) is 13.6. The van der Waals surface area contributed by atoms with E-state index in [0.717, 1.165) is 18.7 Å². The molecule has 2 rings (SSSR count). The Morgan fingerprint density at radius 1 is 1.33 bits per heavy atom. The summed E-state index contributed by atoms with van der Waals surface area (Å²) in [6.07, 6.45) is 1.72. The Labute approximate surface area is 127 Å². The first kappa shape index (κ1) is 15.9. The molecular weight excluding hydrogens is 264 g/mol. The van der Waals surface area contributed by atoms with Crippen LogP contribution in [0.25, 0.3) is 0 Å². The topological polar surface area (TPSA) is 58.1 Å². The van der Waals surface area contributed by atoms with E-state index < -0.39 is 0 Å². The number of rotatable bonds is 4. The lowest BCUT2D eigenvalue weighted by Crippen LogP contribution is -2.41. The number of hydrogen-bond donors (Lipinski definition) is 1. The molecule has 1 fully saturated rings. The largest absolute Gasteiger partial charge is 0.346 e. The Bertz CT molecular complexity index is 501. The van der Waals surface area contributed by atoms with E-state index in [1.807, 2.05) is 6.07 Å². The van der Waals surface area contributed by atoms with Gasteiger partial charge in [0.1, 0.15) is 0 Å². The third kappa shape index (κ3) is 3.79. The monoisotopic (exact) mass is 290 g/mol. The van der Waals surface area contributed by atoms with Crippen molar-refractivity contribution >= 4 is 5.91 Å². The Hall–Kier alpha value is -1.49. The van der Waals surface area contributed by atoms with Crippen LogP contribution in [0.1, 0.15) is 56.6 Å². The molecule has 0 aromatic carbocycles. The molecule has 0 aliphatic carbocycles. The van der Waals surface area contributed by atoms with Crippen LogP contribution in [0, 0.1) is 5.92 Å². The molecule has 2 atom stereocenters. The van der Waals surface area contributed by atoms with Crippen LogP contribution in [0.3, 0.4) is 0 Å². The van der Waals surface area contributed by atoms with Crippen LogP contribution in [0.2, 0.25) is 0 Å². The van der Waals surface area contributed by atoms with E-state index in [4.69, 9.17) is 0 Å². The predicted octanol–water partition coefficient (Wildman–Crippen LogP) is 2.06. The summed E-state index contributed by atoms with van der Waals surface area (Å²) in [5.74, 6) is 0.680. The molecule has 1 N–H and O–H groups in total. The van der Waals surface area contributed by atoms with Crippen molar-refractivity contribution in [2.24, 2.45) is 5.92 Å². The zero-order valence-corrected chi connectivity index (χ0v) is 13.6. The minimum Gasteiger partial charge on any atom is -0.346 e. The molecular formula is C16H26N4O. The molecule has 5 heteroatoms. The third-order valence-corrected chi connectivity index (χ3v) is 4.26. The lowest BCUT2D eigenvalue weighted by atomic mass is 10.0. The third-order valence-electron chi connectivity index (χ3n) is 4.26. The normalized spacial score (nSPS) is 23.0. The van der Waals surface area contributed by atoms with E-state index in [1.54, 1.807) is 6.20 Å². The smallest absolute Gasteiger partial charge is 0.272 e. The SMILES string of the molecule is CC(C)c1cnnc(C(=O)N[C@H]2CN(C(C)C)C[C@H]2C)c1. The molecule has 1 aliphatic rings. The minimum atomic E-state index is -0.118. The Kier molecular flexibility index (Phi) is 4.93. The van der Waals surface area contributed by atoms with Crippen molar-refractivity contribution in [3.05, 3.63) is 23.5 Å². The van der Waals surface area contributed by atoms with Gasteiger partial charge in [0, 0.05) is 25.2 Å². The van der Waals surface area contributed by atoms with Gasteiger partial charge in [0.2, 0.25) is 0 Å². The molecule has 0 unspecified atom stereocenters. The fraction of sp³-hybridized carbons (Fsp3) is 0.688. The summed E-state index contributed by atoms with van der Waals surface area (Å²) in [6, 6.07) is 2.54. The van der Waals surface area contributed by atoms with Gasteiger partial charge in [0.25, 0.3) is 5.91 Å². The van der Waals surface area contributed by atoms with Crippen LogP contribution in [-0.2, 0) is 0 Å². The number of nitrogens with one attached hydrogen (secondary N) is 1.